The predicted octanol–water partition coefficient (Wildman–Crippen LogP) is 2.68. The van der Waals surface area contributed by atoms with Gasteiger partial charge in [-0.05, 0) is 62.7 Å². The average Bonchev–Trinajstić information content (AvgIpc) is 3.17. The Labute approximate surface area is 175 Å². The fourth-order valence-corrected chi connectivity index (χ4v) is 3.13. The van der Waals surface area contributed by atoms with Crippen LogP contribution in [0.2, 0.25) is 0 Å². The Hall–Kier alpha value is -3.55. The second-order valence-electron chi connectivity index (χ2n) is 7.14. The van der Waals surface area contributed by atoms with Gasteiger partial charge in [0.2, 0.25) is 5.91 Å². The van der Waals surface area contributed by atoms with E-state index in [-0.39, 0.29) is 12.0 Å². The molecule has 8 nitrogen and oxygen atoms in total. The maximum atomic E-state index is 12.4. The highest BCUT2D eigenvalue weighted by Gasteiger charge is 2.21. The first-order valence-electron chi connectivity index (χ1n) is 9.75. The summed E-state index contributed by atoms with van der Waals surface area (Å²) < 4.78 is 10.9. The molecule has 1 aliphatic rings. The summed E-state index contributed by atoms with van der Waals surface area (Å²) in [6.07, 6.45) is 1.35. The number of hydrazine groups is 1. The van der Waals surface area contributed by atoms with Crippen LogP contribution in [0, 0.1) is 0 Å². The maximum Gasteiger partial charge on any atom is 0.269 e. The lowest BCUT2D eigenvalue weighted by molar-refractivity contribution is -0.117. The molecule has 0 bridgehead atoms. The van der Waals surface area contributed by atoms with Crippen molar-refractivity contribution in [2.45, 2.75) is 32.8 Å². The van der Waals surface area contributed by atoms with Crippen molar-refractivity contribution in [1.82, 2.24) is 10.9 Å². The molecule has 2 aromatic carbocycles. The van der Waals surface area contributed by atoms with E-state index >= 15 is 0 Å². The molecule has 2 N–H and O–H groups in total. The van der Waals surface area contributed by atoms with Gasteiger partial charge in [0.25, 0.3) is 11.8 Å². The lowest BCUT2D eigenvalue weighted by Gasteiger charge is -2.16. The summed E-state index contributed by atoms with van der Waals surface area (Å²) in [7, 11) is 1.49. The highest BCUT2D eigenvalue weighted by atomic mass is 16.5. The van der Waals surface area contributed by atoms with Gasteiger partial charge in [-0.3, -0.25) is 25.2 Å². The van der Waals surface area contributed by atoms with Crippen LogP contribution in [0.5, 0.6) is 11.5 Å². The van der Waals surface area contributed by atoms with Crippen molar-refractivity contribution in [2.75, 3.05) is 18.6 Å². The van der Waals surface area contributed by atoms with E-state index in [1.54, 1.807) is 47.4 Å². The first-order chi connectivity index (χ1) is 14.4. The zero-order chi connectivity index (χ0) is 21.7. The van der Waals surface area contributed by atoms with E-state index in [2.05, 4.69) is 10.9 Å². The van der Waals surface area contributed by atoms with Crippen LogP contribution in [0.1, 0.15) is 47.4 Å². The fraction of sp³-hybridized carbons (Fsp3) is 0.318. The zero-order valence-corrected chi connectivity index (χ0v) is 17.2. The number of rotatable bonds is 6. The summed E-state index contributed by atoms with van der Waals surface area (Å²) in [4.78, 5) is 38.2. The standard InChI is InChI=1S/C22H25N3O5/c1-14(2)30-18-11-8-16(13-19(18)29-3)22(28)24-23-21(27)15-6-9-17(10-7-15)25-12-4-5-20(25)26/h6-11,13-14H,4-5,12H2,1-3H3,(H,23,27)(H,24,28). The van der Waals surface area contributed by atoms with Gasteiger partial charge in [-0.1, -0.05) is 0 Å². The molecule has 0 radical (unpaired) electrons. The van der Waals surface area contributed by atoms with Crippen molar-refractivity contribution < 1.29 is 23.9 Å². The van der Waals surface area contributed by atoms with Crippen molar-refractivity contribution in [1.29, 1.82) is 0 Å². The number of hydrogen-bond acceptors (Lipinski definition) is 5. The summed E-state index contributed by atoms with van der Waals surface area (Å²) in [6.45, 7) is 4.47. The van der Waals surface area contributed by atoms with E-state index < -0.39 is 11.8 Å². The average molecular weight is 411 g/mol. The largest absolute Gasteiger partial charge is 0.493 e. The van der Waals surface area contributed by atoms with E-state index in [9.17, 15) is 14.4 Å². The molecular formula is C22H25N3O5. The lowest BCUT2D eigenvalue weighted by atomic mass is 10.2. The third kappa shape index (κ3) is 4.89. The monoisotopic (exact) mass is 411 g/mol. The number of amides is 3. The molecule has 1 heterocycles. The van der Waals surface area contributed by atoms with Crippen molar-refractivity contribution in [3.05, 3.63) is 53.6 Å². The quantitative estimate of drug-likeness (QED) is 0.713. The molecule has 1 aliphatic heterocycles. The first kappa shape index (κ1) is 21.2. The minimum atomic E-state index is -0.489. The molecule has 2 aromatic rings. The molecule has 0 saturated carbocycles. The van der Waals surface area contributed by atoms with Gasteiger partial charge < -0.3 is 14.4 Å². The fourth-order valence-electron chi connectivity index (χ4n) is 3.13. The van der Waals surface area contributed by atoms with Crippen LogP contribution in [0.15, 0.2) is 42.5 Å². The van der Waals surface area contributed by atoms with Gasteiger partial charge in [0.1, 0.15) is 0 Å². The van der Waals surface area contributed by atoms with Crippen molar-refractivity contribution in [3.63, 3.8) is 0 Å². The number of nitrogens with zero attached hydrogens (tertiary/aromatic N) is 1. The van der Waals surface area contributed by atoms with Crippen molar-refractivity contribution >= 4 is 23.4 Å². The first-order valence-corrected chi connectivity index (χ1v) is 9.75. The van der Waals surface area contributed by atoms with Crippen LogP contribution >= 0.6 is 0 Å². The van der Waals surface area contributed by atoms with Crippen LogP contribution in [0.3, 0.4) is 0 Å². The Morgan fingerprint density at radius 2 is 1.60 bits per heavy atom. The third-order valence-electron chi connectivity index (χ3n) is 4.59. The number of methoxy groups -OCH3 is 1. The molecule has 30 heavy (non-hydrogen) atoms. The molecular weight excluding hydrogens is 386 g/mol. The topological polar surface area (TPSA) is 97.0 Å². The zero-order valence-electron chi connectivity index (χ0n) is 17.2. The second-order valence-corrected chi connectivity index (χ2v) is 7.14. The highest BCUT2D eigenvalue weighted by molar-refractivity contribution is 6.00. The SMILES string of the molecule is COc1cc(C(=O)NNC(=O)c2ccc(N3CCCC3=O)cc2)ccc1OC(C)C. The Bertz CT molecular complexity index is 940. The van der Waals surface area contributed by atoms with Gasteiger partial charge in [-0.2, -0.15) is 0 Å². The van der Waals surface area contributed by atoms with Crippen LogP contribution in [-0.2, 0) is 4.79 Å². The van der Waals surface area contributed by atoms with Crippen LogP contribution in [0.4, 0.5) is 5.69 Å². The third-order valence-corrected chi connectivity index (χ3v) is 4.59. The summed E-state index contributed by atoms with van der Waals surface area (Å²) >= 11 is 0. The number of carbonyl (C=O) groups is 3. The smallest absolute Gasteiger partial charge is 0.269 e. The van der Waals surface area contributed by atoms with E-state index in [1.807, 2.05) is 13.8 Å². The lowest BCUT2D eigenvalue weighted by Crippen LogP contribution is -2.41. The van der Waals surface area contributed by atoms with E-state index in [0.29, 0.717) is 35.6 Å². The Balaban J connectivity index is 1.60. The molecule has 158 valence electrons. The minimum absolute atomic E-state index is 0.0344. The normalized spacial score (nSPS) is 13.3. The molecule has 0 aliphatic carbocycles. The number of anilines is 1. The van der Waals surface area contributed by atoms with E-state index in [0.717, 1.165) is 12.1 Å². The van der Waals surface area contributed by atoms with Crippen LogP contribution < -0.4 is 25.2 Å². The van der Waals surface area contributed by atoms with E-state index in [1.165, 1.54) is 7.11 Å². The van der Waals surface area contributed by atoms with Gasteiger partial charge in [0.05, 0.1) is 13.2 Å². The molecule has 3 rings (SSSR count). The molecule has 3 amide bonds. The predicted molar refractivity (Wildman–Crippen MR) is 112 cm³/mol. The molecule has 1 fully saturated rings. The highest BCUT2D eigenvalue weighted by Crippen LogP contribution is 2.29. The number of carbonyl (C=O) groups excluding carboxylic acids is 3. The molecule has 8 heteroatoms. The summed E-state index contributed by atoms with van der Waals surface area (Å²) in [6, 6.07) is 11.4. The van der Waals surface area contributed by atoms with Crippen molar-refractivity contribution in [2.24, 2.45) is 0 Å². The molecule has 0 unspecified atom stereocenters. The molecule has 0 atom stereocenters. The number of benzene rings is 2. The van der Waals surface area contributed by atoms with Crippen LogP contribution in [0.25, 0.3) is 0 Å². The van der Waals surface area contributed by atoms with Crippen molar-refractivity contribution in [3.8, 4) is 11.5 Å². The summed E-state index contributed by atoms with van der Waals surface area (Å²) in [5.41, 5.74) is 6.21. The van der Waals surface area contributed by atoms with Crippen LogP contribution in [-0.4, -0.2) is 37.5 Å². The minimum Gasteiger partial charge on any atom is -0.493 e. The number of ether oxygens (including phenoxy) is 2. The summed E-state index contributed by atoms with van der Waals surface area (Å²) in [5.74, 6) is 0.0884. The van der Waals surface area contributed by atoms with Gasteiger partial charge in [-0.25, -0.2) is 0 Å². The summed E-state index contributed by atoms with van der Waals surface area (Å²) in [5, 5.41) is 0. The van der Waals surface area contributed by atoms with Gasteiger partial charge in [-0.15, -0.1) is 0 Å². The molecule has 0 spiro atoms. The molecule has 0 aromatic heterocycles. The Morgan fingerprint density at radius 1 is 0.967 bits per heavy atom. The molecule has 1 saturated heterocycles. The van der Waals surface area contributed by atoms with Gasteiger partial charge in [0, 0.05) is 29.8 Å². The number of nitrogens with one attached hydrogen (secondary N) is 2. The second kappa shape index (κ2) is 9.30. The Morgan fingerprint density at radius 3 is 2.17 bits per heavy atom. The van der Waals surface area contributed by atoms with Gasteiger partial charge >= 0.3 is 0 Å². The number of hydrogen-bond donors (Lipinski definition) is 2. The Kier molecular flexibility index (Phi) is 6.56. The maximum absolute atomic E-state index is 12.4. The van der Waals surface area contributed by atoms with Gasteiger partial charge in [0.15, 0.2) is 11.5 Å². The van der Waals surface area contributed by atoms with E-state index in [4.69, 9.17) is 9.47 Å².